The second kappa shape index (κ2) is 7.74. The van der Waals surface area contributed by atoms with Crippen LogP contribution in [0.1, 0.15) is 9.68 Å². The van der Waals surface area contributed by atoms with Crippen LogP contribution in [0.15, 0.2) is 34.5 Å². The number of methoxy groups -OCH3 is 1. The molecule has 22 heavy (non-hydrogen) atoms. The highest BCUT2D eigenvalue weighted by Crippen LogP contribution is 2.28. The average Bonchev–Trinajstić information content (AvgIpc) is 2.54. The van der Waals surface area contributed by atoms with Crippen molar-refractivity contribution in [1.29, 1.82) is 0 Å². The fourth-order valence-corrected chi connectivity index (χ4v) is 2.26. The molecule has 1 aromatic heterocycles. The molecule has 2 rings (SSSR count). The molecule has 0 fully saturated rings. The lowest BCUT2D eigenvalue weighted by atomic mass is 10.2. The number of halogens is 1. The molecule has 0 aliphatic carbocycles. The first-order chi connectivity index (χ1) is 11.8. The summed E-state index contributed by atoms with van der Waals surface area (Å²) in [5, 5.41) is 7.21. The lowest BCUT2D eigenvalue weighted by Crippen LogP contribution is -2.03. The molecule has 0 saturated heterocycles. The Morgan fingerprint density at radius 1 is 1.45 bits per heavy atom. The van der Waals surface area contributed by atoms with Gasteiger partial charge in [-0.25, -0.2) is 9.97 Å². The van der Waals surface area contributed by atoms with Crippen LogP contribution >= 0.6 is 23.4 Å². The van der Waals surface area contributed by atoms with Crippen molar-refractivity contribution in [3.05, 3.63) is 45.4 Å². The van der Waals surface area contributed by atoms with Crippen molar-refractivity contribution >= 4 is 34.9 Å². The number of hydrogen-bond donors (Lipinski definition) is 1. The van der Waals surface area contributed by atoms with Crippen molar-refractivity contribution in [2.75, 3.05) is 18.6 Å². The molecule has 9 heteroatoms. The van der Waals surface area contributed by atoms with Gasteiger partial charge < -0.3 is 10.1 Å². The Morgan fingerprint density at radius 2 is 2.23 bits per heavy atom. The summed E-state index contributed by atoms with van der Waals surface area (Å²) in [7, 11) is -2.51. The number of azide groups is 1. The zero-order valence-corrected chi connectivity index (χ0v) is 13.0. The van der Waals surface area contributed by atoms with E-state index in [0.29, 0.717) is 22.2 Å². The number of rotatable bonds is 6. The fourth-order valence-electron chi connectivity index (χ4n) is 1.62. The van der Waals surface area contributed by atoms with E-state index in [1.807, 2.05) is 6.26 Å². The summed E-state index contributed by atoms with van der Waals surface area (Å²) in [5.41, 5.74) is 9.60. The normalized spacial score (nSPS) is 12.5. The molecule has 1 N–H and O–H groups in total. The van der Waals surface area contributed by atoms with Gasteiger partial charge in [-0.15, -0.1) is 0 Å². The summed E-state index contributed by atoms with van der Waals surface area (Å²) in [6.45, 7) is -0.00737. The standard InChI is InChI=1S/C13H13ClN6OS/c1-21-9-5-3-8(4-6-9)17-12-10(7-16-20-15)11(14)18-13(19-12)22-2/h3-6H,7H2,1-2H3,(H,17,18,19)/i1D3. The maximum atomic E-state index is 8.51. The van der Waals surface area contributed by atoms with Gasteiger partial charge in [0.05, 0.1) is 17.7 Å². The first-order valence-corrected chi connectivity index (χ1v) is 7.60. The Labute approximate surface area is 140 Å². The summed E-state index contributed by atoms with van der Waals surface area (Å²) in [4.78, 5) is 11.2. The molecule has 1 heterocycles. The third-order valence-electron chi connectivity index (χ3n) is 2.65. The average molecular weight is 340 g/mol. The molecule has 0 bridgehead atoms. The van der Waals surface area contributed by atoms with Crippen LogP contribution in [-0.2, 0) is 6.54 Å². The lowest BCUT2D eigenvalue weighted by molar-refractivity contribution is 0.415. The number of hydrogen-bond acceptors (Lipinski definition) is 6. The molecule has 114 valence electrons. The van der Waals surface area contributed by atoms with Crippen molar-refractivity contribution in [2.45, 2.75) is 11.7 Å². The van der Waals surface area contributed by atoms with E-state index in [4.69, 9.17) is 26.0 Å². The minimum atomic E-state index is -2.51. The molecule has 0 radical (unpaired) electrons. The Hall–Kier alpha value is -2.15. The van der Waals surface area contributed by atoms with E-state index in [1.54, 1.807) is 12.1 Å². The maximum absolute atomic E-state index is 8.51. The van der Waals surface area contributed by atoms with Crippen molar-refractivity contribution in [2.24, 2.45) is 5.11 Å². The van der Waals surface area contributed by atoms with Gasteiger partial charge in [-0.05, 0) is 36.1 Å². The quantitative estimate of drug-likeness (QED) is 0.210. The summed E-state index contributed by atoms with van der Waals surface area (Å²) >= 11 is 7.46. The summed E-state index contributed by atoms with van der Waals surface area (Å²) < 4.78 is 26.1. The van der Waals surface area contributed by atoms with Crippen LogP contribution in [0.5, 0.6) is 5.75 Å². The predicted molar refractivity (Wildman–Crippen MR) is 87.9 cm³/mol. The van der Waals surface area contributed by atoms with Crippen LogP contribution < -0.4 is 10.1 Å². The zero-order chi connectivity index (χ0) is 18.4. The highest BCUT2D eigenvalue weighted by Gasteiger charge is 2.12. The zero-order valence-electron chi connectivity index (χ0n) is 14.4. The Balaban J connectivity index is 2.29. The number of nitrogens with one attached hydrogen (secondary N) is 1. The molecule has 0 aliphatic heterocycles. The molecule has 0 spiro atoms. The second-order valence-corrected chi connectivity index (χ2v) is 5.10. The van der Waals surface area contributed by atoms with Gasteiger partial charge in [-0.1, -0.05) is 28.5 Å². The van der Waals surface area contributed by atoms with Crippen LogP contribution in [0.4, 0.5) is 11.5 Å². The minimum absolute atomic E-state index is 0.00737. The minimum Gasteiger partial charge on any atom is -0.497 e. The number of aromatic nitrogens is 2. The smallest absolute Gasteiger partial charge is 0.190 e. The van der Waals surface area contributed by atoms with Gasteiger partial charge in [0.25, 0.3) is 0 Å². The highest BCUT2D eigenvalue weighted by atomic mass is 35.5. The second-order valence-electron chi connectivity index (χ2n) is 3.97. The first kappa shape index (κ1) is 12.4. The van der Waals surface area contributed by atoms with Crippen molar-refractivity contribution in [3.63, 3.8) is 0 Å². The van der Waals surface area contributed by atoms with Crippen LogP contribution in [-0.4, -0.2) is 23.3 Å². The molecule has 0 aliphatic rings. The topological polar surface area (TPSA) is 95.8 Å². The first-order valence-electron chi connectivity index (χ1n) is 7.50. The number of thioether (sulfide) groups is 1. The van der Waals surface area contributed by atoms with E-state index >= 15 is 0 Å². The predicted octanol–water partition coefficient (Wildman–Crippen LogP) is 4.41. The van der Waals surface area contributed by atoms with Gasteiger partial charge in [0.1, 0.15) is 16.7 Å². The third-order valence-corrected chi connectivity index (χ3v) is 3.51. The molecule has 0 atom stereocenters. The van der Waals surface area contributed by atoms with E-state index in [-0.39, 0.29) is 17.4 Å². The van der Waals surface area contributed by atoms with E-state index < -0.39 is 7.04 Å². The lowest BCUT2D eigenvalue weighted by Gasteiger charge is -2.12. The molecule has 7 nitrogen and oxygen atoms in total. The molecular weight excluding hydrogens is 324 g/mol. The van der Waals surface area contributed by atoms with E-state index in [2.05, 4.69) is 25.3 Å². The SMILES string of the molecule is [2H]C([2H])([2H])Oc1ccc(Nc2nc(SC)nc(Cl)c2CN=[N+]=[N-])cc1. The number of anilines is 2. The van der Waals surface area contributed by atoms with E-state index in [9.17, 15) is 0 Å². The van der Waals surface area contributed by atoms with Gasteiger partial charge >= 0.3 is 0 Å². The van der Waals surface area contributed by atoms with Crippen LogP contribution in [0, 0.1) is 0 Å². The largest absolute Gasteiger partial charge is 0.497 e. The van der Waals surface area contributed by atoms with Gasteiger partial charge in [0.2, 0.25) is 0 Å². The maximum Gasteiger partial charge on any atom is 0.190 e. The third kappa shape index (κ3) is 3.94. The highest BCUT2D eigenvalue weighted by molar-refractivity contribution is 7.98. The van der Waals surface area contributed by atoms with Crippen molar-refractivity contribution in [1.82, 2.24) is 9.97 Å². The van der Waals surface area contributed by atoms with Gasteiger partial charge in [0, 0.05) is 16.2 Å². The molecule has 0 amide bonds. The van der Waals surface area contributed by atoms with Gasteiger partial charge in [-0.3, -0.25) is 0 Å². The van der Waals surface area contributed by atoms with Gasteiger partial charge in [0.15, 0.2) is 5.16 Å². The summed E-state index contributed by atoms with van der Waals surface area (Å²) in [6.07, 6.45) is 1.81. The molecule has 0 saturated carbocycles. The summed E-state index contributed by atoms with van der Waals surface area (Å²) in [6, 6.07) is 6.29. The number of benzene rings is 1. The Morgan fingerprint density at radius 3 is 2.86 bits per heavy atom. The molecular formula is C13H13ClN6OS. The van der Waals surface area contributed by atoms with E-state index in [0.717, 1.165) is 0 Å². The number of nitrogens with zero attached hydrogens (tertiary/aromatic N) is 5. The Kier molecular flexibility index (Phi) is 4.36. The number of ether oxygens (including phenoxy) is 1. The van der Waals surface area contributed by atoms with Crippen LogP contribution in [0.2, 0.25) is 5.15 Å². The van der Waals surface area contributed by atoms with Gasteiger partial charge in [-0.2, -0.15) is 0 Å². The molecule has 2 aromatic rings. The fraction of sp³-hybridized carbons (Fsp3) is 0.231. The Bertz CT molecular complexity index is 796. The van der Waals surface area contributed by atoms with Crippen molar-refractivity contribution in [3.8, 4) is 5.75 Å². The van der Waals surface area contributed by atoms with Crippen molar-refractivity contribution < 1.29 is 8.85 Å². The monoisotopic (exact) mass is 339 g/mol. The van der Waals surface area contributed by atoms with Crippen LogP contribution in [0.3, 0.4) is 0 Å². The molecule has 1 aromatic carbocycles. The van der Waals surface area contributed by atoms with Crippen LogP contribution in [0.25, 0.3) is 10.4 Å². The summed E-state index contributed by atoms with van der Waals surface area (Å²) in [5.74, 6) is 0.617. The molecule has 0 unspecified atom stereocenters. The van der Waals surface area contributed by atoms with E-state index in [1.165, 1.54) is 23.9 Å².